The molecule has 1 rings (SSSR count). The maximum Gasteiger partial charge on any atom is 0.0877 e. The van der Waals surface area contributed by atoms with Gasteiger partial charge in [-0.1, -0.05) is 6.92 Å². The van der Waals surface area contributed by atoms with Gasteiger partial charge in [-0.25, -0.2) is 0 Å². The van der Waals surface area contributed by atoms with Crippen LogP contribution in [0.25, 0.3) is 0 Å². The van der Waals surface area contributed by atoms with Gasteiger partial charge in [0.05, 0.1) is 12.2 Å². The first-order valence-electron chi connectivity index (χ1n) is 2.25. The third-order valence-corrected chi connectivity index (χ3v) is 1.02. The summed E-state index contributed by atoms with van der Waals surface area (Å²) in [4.78, 5) is 0. The van der Waals surface area contributed by atoms with Gasteiger partial charge < -0.3 is 4.74 Å². The highest BCUT2D eigenvalue weighted by atomic mass is 16.6. The van der Waals surface area contributed by atoms with Gasteiger partial charge in [0.15, 0.2) is 0 Å². The smallest absolute Gasteiger partial charge is 0.0877 e. The predicted octanol–water partition coefficient (Wildman–Crippen LogP) is 0.875. The van der Waals surface area contributed by atoms with Gasteiger partial charge in [0, 0.05) is 0 Å². The fourth-order valence-corrected chi connectivity index (χ4v) is 0.485. The highest BCUT2D eigenvalue weighted by Crippen LogP contribution is 2.22. The second-order valence-corrected chi connectivity index (χ2v) is 1.55. The number of hydrogen-bond acceptors (Lipinski definition) is 1. The SMILES string of the molecule is [CH]C1OC1CC. The fraction of sp³-hybridized carbons (Fsp3) is 0.800. The lowest BCUT2D eigenvalue weighted by Crippen LogP contribution is -1.82. The summed E-state index contributed by atoms with van der Waals surface area (Å²) in [6, 6.07) is 0. The van der Waals surface area contributed by atoms with Crippen LogP contribution in [0.5, 0.6) is 0 Å². The highest BCUT2D eigenvalue weighted by Gasteiger charge is 2.31. The molecule has 2 radical (unpaired) electrons. The van der Waals surface area contributed by atoms with Gasteiger partial charge in [0.1, 0.15) is 0 Å². The van der Waals surface area contributed by atoms with Gasteiger partial charge in [-0.05, 0) is 13.3 Å². The van der Waals surface area contributed by atoms with Crippen LogP contribution in [0.2, 0.25) is 0 Å². The molecule has 0 amide bonds. The average molecular weight is 84.1 g/mol. The zero-order valence-electron chi connectivity index (χ0n) is 3.85. The van der Waals surface area contributed by atoms with E-state index in [0.29, 0.717) is 6.10 Å². The van der Waals surface area contributed by atoms with Crippen LogP contribution in [0.15, 0.2) is 0 Å². The number of epoxide rings is 1. The monoisotopic (exact) mass is 84.1 g/mol. The van der Waals surface area contributed by atoms with E-state index >= 15 is 0 Å². The van der Waals surface area contributed by atoms with Crippen molar-refractivity contribution in [3.05, 3.63) is 6.92 Å². The van der Waals surface area contributed by atoms with Crippen LogP contribution in [0.3, 0.4) is 0 Å². The van der Waals surface area contributed by atoms with Crippen LogP contribution >= 0.6 is 0 Å². The summed E-state index contributed by atoms with van der Waals surface area (Å²) in [6.07, 6.45) is 1.50. The van der Waals surface area contributed by atoms with E-state index in [1.807, 2.05) is 0 Å². The molecular weight excluding hydrogens is 76.1 g/mol. The molecule has 2 atom stereocenters. The minimum absolute atomic E-state index is 0.0648. The van der Waals surface area contributed by atoms with Crippen molar-refractivity contribution < 1.29 is 4.74 Å². The largest absolute Gasteiger partial charge is 0.369 e. The molecule has 1 nitrogen and oxygen atoms in total. The van der Waals surface area contributed by atoms with Crippen LogP contribution in [0, 0.1) is 6.92 Å². The maximum atomic E-state index is 5.25. The molecule has 1 heteroatoms. The highest BCUT2D eigenvalue weighted by molar-refractivity contribution is 4.84. The van der Waals surface area contributed by atoms with Gasteiger partial charge in [0.2, 0.25) is 0 Å². The molecule has 0 bridgehead atoms. The first-order valence-corrected chi connectivity index (χ1v) is 2.25. The van der Waals surface area contributed by atoms with Crippen molar-refractivity contribution >= 4 is 0 Å². The molecule has 0 saturated carbocycles. The quantitative estimate of drug-likeness (QED) is 0.429. The molecule has 1 aliphatic heterocycles. The molecule has 0 aromatic carbocycles. The van der Waals surface area contributed by atoms with Crippen LogP contribution in [-0.4, -0.2) is 12.2 Å². The average Bonchev–Trinajstić information content (AvgIpc) is 2.19. The van der Waals surface area contributed by atoms with E-state index in [-0.39, 0.29) is 6.10 Å². The number of ether oxygens (including phenoxy) is 1. The summed E-state index contributed by atoms with van der Waals surface area (Å²) in [5, 5.41) is 0. The molecule has 1 saturated heterocycles. The van der Waals surface area contributed by atoms with E-state index in [4.69, 9.17) is 11.7 Å². The molecule has 2 unspecified atom stereocenters. The topological polar surface area (TPSA) is 12.5 Å². The Hall–Kier alpha value is -0.0400. The molecule has 6 heavy (non-hydrogen) atoms. The Morgan fingerprint density at radius 3 is 2.33 bits per heavy atom. The summed E-state index contributed by atoms with van der Waals surface area (Å²) in [5.74, 6) is 0. The molecule has 0 aromatic heterocycles. The van der Waals surface area contributed by atoms with E-state index in [2.05, 4.69) is 6.92 Å². The van der Waals surface area contributed by atoms with E-state index in [1.54, 1.807) is 0 Å². The van der Waals surface area contributed by atoms with Crippen molar-refractivity contribution in [2.75, 3.05) is 0 Å². The Morgan fingerprint density at radius 2 is 2.33 bits per heavy atom. The lowest BCUT2D eigenvalue weighted by Gasteiger charge is -1.72. The van der Waals surface area contributed by atoms with Crippen LogP contribution in [-0.2, 0) is 4.74 Å². The lowest BCUT2D eigenvalue weighted by molar-refractivity contribution is 0.384. The summed E-state index contributed by atoms with van der Waals surface area (Å²) >= 11 is 0. The van der Waals surface area contributed by atoms with Crippen LogP contribution in [0.4, 0.5) is 0 Å². The zero-order valence-corrected chi connectivity index (χ0v) is 3.85. The Morgan fingerprint density at radius 1 is 1.83 bits per heavy atom. The summed E-state index contributed by atoms with van der Waals surface area (Å²) in [5.41, 5.74) is 0. The Labute approximate surface area is 38.3 Å². The Kier molecular flexibility index (Phi) is 0.845. The predicted molar refractivity (Wildman–Crippen MR) is 23.3 cm³/mol. The van der Waals surface area contributed by atoms with Gasteiger partial charge in [-0.3, -0.25) is 0 Å². The third-order valence-electron chi connectivity index (χ3n) is 1.02. The Balaban J connectivity index is 2.09. The molecule has 0 spiro atoms. The molecule has 34 valence electrons. The van der Waals surface area contributed by atoms with E-state index in [1.165, 1.54) is 0 Å². The summed E-state index contributed by atoms with van der Waals surface area (Å²) < 4.78 is 4.84. The number of hydrogen-bond donors (Lipinski definition) is 0. The molecule has 1 fully saturated rings. The summed E-state index contributed by atoms with van der Waals surface area (Å²) in [7, 11) is 0. The molecule has 0 N–H and O–H groups in total. The molecule has 1 heterocycles. The normalized spacial score (nSPS) is 43.0. The van der Waals surface area contributed by atoms with E-state index in [0.717, 1.165) is 6.42 Å². The second kappa shape index (κ2) is 1.23. The van der Waals surface area contributed by atoms with Gasteiger partial charge in [0.25, 0.3) is 0 Å². The minimum Gasteiger partial charge on any atom is -0.369 e. The van der Waals surface area contributed by atoms with Gasteiger partial charge in [-0.2, -0.15) is 0 Å². The first kappa shape index (κ1) is 4.13. The van der Waals surface area contributed by atoms with Crippen molar-refractivity contribution in [3.8, 4) is 0 Å². The van der Waals surface area contributed by atoms with E-state index in [9.17, 15) is 0 Å². The summed E-state index contributed by atoms with van der Waals surface area (Å²) in [6.45, 7) is 7.32. The van der Waals surface area contributed by atoms with Crippen molar-refractivity contribution in [1.29, 1.82) is 0 Å². The van der Waals surface area contributed by atoms with Crippen LogP contribution < -0.4 is 0 Å². The second-order valence-electron chi connectivity index (χ2n) is 1.55. The molecule has 1 aliphatic rings. The van der Waals surface area contributed by atoms with E-state index < -0.39 is 0 Å². The fourth-order valence-electron chi connectivity index (χ4n) is 0.485. The molecule has 0 aliphatic carbocycles. The first-order chi connectivity index (χ1) is 2.84. The zero-order chi connectivity index (χ0) is 4.57. The lowest BCUT2D eigenvalue weighted by atomic mass is 10.3. The maximum absolute atomic E-state index is 5.25. The third kappa shape index (κ3) is 0.548. The van der Waals surface area contributed by atoms with Crippen molar-refractivity contribution in [2.24, 2.45) is 0 Å². The van der Waals surface area contributed by atoms with Crippen molar-refractivity contribution in [1.82, 2.24) is 0 Å². The van der Waals surface area contributed by atoms with Crippen LogP contribution in [0.1, 0.15) is 13.3 Å². The van der Waals surface area contributed by atoms with Crippen molar-refractivity contribution in [3.63, 3.8) is 0 Å². The molecule has 0 aromatic rings. The standard InChI is InChI=1S/C5H8O/c1-3-5-4(2)6-5/h2,4-5H,3H2,1H3. The molecular formula is C5H8O. The minimum atomic E-state index is 0.0648. The van der Waals surface area contributed by atoms with Gasteiger partial charge >= 0.3 is 0 Å². The Bertz CT molecular complexity index is 49.9. The van der Waals surface area contributed by atoms with Gasteiger partial charge in [-0.15, -0.1) is 0 Å². The number of rotatable bonds is 1. The van der Waals surface area contributed by atoms with Crippen molar-refractivity contribution in [2.45, 2.75) is 25.6 Å².